The minimum Gasteiger partial charge on any atom is -0.165 e. The Bertz CT molecular complexity index is 67.0. The molecule has 9 heavy (non-hydrogen) atoms. The topological polar surface area (TPSA) is 0 Å². The van der Waals surface area contributed by atoms with E-state index in [4.69, 9.17) is 0 Å². The third-order valence-electron chi connectivity index (χ3n) is 2.19. The van der Waals surface area contributed by atoms with Crippen molar-refractivity contribution >= 4 is 11.8 Å². The van der Waals surface area contributed by atoms with Crippen LogP contribution in [0.4, 0.5) is 0 Å². The Balaban J connectivity index is 1.80. The Morgan fingerprint density at radius 2 is 2.22 bits per heavy atom. The zero-order valence-electron chi connectivity index (χ0n) is 6.23. The molecule has 0 saturated heterocycles. The van der Waals surface area contributed by atoms with Crippen molar-refractivity contribution in [3.63, 3.8) is 0 Å². The van der Waals surface area contributed by atoms with Crippen LogP contribution in [0.2, 0.25) is 0 Å². The van der Waals surface area contributed by atoms with Crippen LogP contribution in [-0.2, 0) is 0 Å². The van der Waals surface area contributed by atoms with Crippen LogP contribution in [0.3, 0.4) is 0 Å². The Morgan fingerprint density at radius 3 is 2.67 bits per heavy atom. The van der Waals surface area contributed by atoms with Gasteiger partial charge in [-0.05, 0) is 30.8 Å². The zero-order chi connectivity index (χ0) is 6.53. The molecule has 0 nitrogen and oxygen atoms in total. The second-order valence-electron chi connectivity index (χ2n) is 2.93. The molecule has 0 aromatic carbocycles. The highest BCUT2D eigenvalue weighted by molar-refractivity contribution is 7.98. The number of hydrogen-bond donors (Lipinski definition) is 0. The molecule has 0 bridgehead atoms. The van der Waals surface area contributed by atoms with Crippen molar-refractivity contribution in [1.82, 2.24) is 0 Å². The molecule has 0 amide bonds. The normalized spacial score (nSPS) is 19.7. The van der Waals surface area contributed by atoms with Crippen LogP contribution in [0.15, 0.2) is 0 Å². The van der Waals surface area contributed by atoms with Crippen molar-refractivity contribution in [1.29, 1.82) is 0 Å². The van der Waals surface area contributed by atoms with E-state index in [1.165, 1.54) is 37.9 Å². The molecule has 1 aliphatic carbocycles. The molecular weight excluding hydrogens is 128 g/mol. The van der Waals surface area contributed by atoms with Gasteiger partial charge < -0.3 is 0 Å². The van der Waals surface area contributed by atoms with Crippen LogP contribution in [0, 0.1) is 5.92 Å². The zero-order valence-corrected chi connectivity index (χ0v) is 7.04. The summed E-state index contributed by atoms with van der Waals surface area (Å²) in [6, 6.07) is 0. The van der Waals surface area contributed by atoms with Crippen molar-refractivity contribution in [3.05, 3.63) is 0 Å². The van der Waals surface area contributed by atoms with Gasteiger partial charge in [0.15, 0.2) is 0 Å². The smallest absolute Gasteiger partial charge is 0.00702 e. The van der Waals surface area contributed by atoms with Crippen LogP contribution >= 0.6 is 11.8 Å². The summed E-state index contributed by atoms with van der Waals surface area (Å²) in [5.41, 5.74) is 0. The molecule has 0 radical (unpaired) electrons. The van der Waals surface area contributed by atoms with Crippen LogP contribution in [0.1, 0.15) is 32.1 Å². The van der Waals surface area contributed by atoms with E-state index in [0.29, 0.717) is 0 Å². The van der Waals surface area contributed by atoms with Gasteiger partial charge in [-0.25, -0.2) is 0 Å². The molecule has 1 aliphatic rings. The third-order valence-corrected chi connectivity index (χ3v) is 2.88. The number of hydrogen-bond acceptors (Lipinski definition) is 1. The van der Waals surface area contributed by atoms with Gasteiger partial charge in [-0.3, -0.25) is 0 Å². The Hall–Kier alpha value is 0.350. The summed E-state index contributed by atoms with van der Waals surface area (Å²) in [4.78, 5) is 0. The van der Waals surface area contributed by atoms with Gasteiger partial charge in [0.05, 0.1) is 0 Å². The molecule has 0 spiro atoms. The summed E-state index contributed by atoms with van der Waals surface area (Å²) in [6.45, 7) is 0. The highest BCUT2D eigenvalue weighted by Crippen LogP contribution is 2.30. The lowest BCUT2D eigenvalue weighted by atomic mass is 9.82. The van der Waals surface area contributed by atoms with Crippen molar-refractivity contribution < 1.29 is 0 Å². The Labute approximate surface area is 62.4 Å². The summed E-state index contributed by atoms with van der Waals surface area (Å²) < 4.78 is 0. The van der Waals surface area contributed by atoms with Gasteiger partial charge in [0.2, 0.25) is 0 Å². The van der Waals surface area contributed by atoms with E-state index in [-0.39, 0.29) is 0 Å². The molecule has 0 atom stereocenters. The van der Waals surface area contributed by atoms with Gasteiger partial charge >= 0.3 is 0 Å². The largest absolute Gasteiger partial charge is 0.165 e. The van der Waals surface area contributed by atoms with Gasteiger partial charge in [0, 0.05) is 0 Å². The van der Waals surface area contributed by atoms with E-state index in [0.717, 1.165) is 5.92 Å². The number of rotatable bonds is 4. The predicted molar refractivity (Wildman–Crippen MR) is 45.0 cm³/mol. The van der Waals surface area contributed by atoms with Gasteiger partial charge in [0.1, 0.15) is 0 Å². The molecular formula is C8H16S. The highest BCUT2D eigenvalue weighted by Gasteiger charge is 2.15. The summed E-state index contributed by atoms with van der Waals surface area (Å²) in [5, 5.41) is 0. The SMILES string of the molecule is CSCCCC1CCC1. The van der Waals surface area contributed by atoms with Crippen LogP contribution in [-0.4, -0.2) is 12.0 Å². The summed E-state index contributed by atoms with van der Waals surface area (Å²) in [6.07, 6.45) is 9.69. The van der Waals surface area contributed by atoms with Crippen molar-refractivity contribution in [2.75, 3.05) is 12.0 Å². The predicted octanol–water partition coefficient (Wildman–Crippen LogP) is 2.93. The molecule has 0 N–H and O–H groups in total. The van der Waals surface area contributed by atoms with Gasteiger partial charge in [-0.1, -0.05) is 19.3 Å². The molecule has 1 fully saturated rings. The maximum atomic E-state index is 2.20. The van der Waals surface area contributed by atoms with Crippen molar-refractivity contribution in [2.45, 2.75) is 32.1 Å². The molecule has 1 saturated carbocycles. The fraction of sp³-hybridized carbons (Fsp3) is 1.00. The minimum atomic E-state index is 1.12. The number of thioether (sulfide) groups is 1. The average Bonchev–Trinajstić information content (AvgIpc) is 1.76. The van der Waals surface area contributed by atoms with Crippen molar-refractivity contribution in [3.8, 4) is 0 Å². The lowest BCUT2D eigenvalue weighted by molar-refractivity contribution is 0.294. The molecule has 54 valence electrons. The molecule has 0 aromatic rings. The molecule has 0 unspecified atom stereocenters. The second-order valence-corrected chi connectivity index (χ2v) is 3.92. The van der Waals surface area contributed by atoms with E-state index in [2.05, 4.69) is 6.26 Å². The van der Waals surface area contributed by atoms with Crippen LogP contribution < -0.4 is 0 Å². The fourth-order valence-electron chi connectivity index (χ4n) is 1.30. The second kappa shape index (κ2) is 4.21. The minimum absolute atomic E-state index is 1.12. The first kappa shape index (κ1) is 7.46. The van der Waals surface area contributed by atoms with Gasteiger partial charge in [-0.2, -0.15) is 11.8 Å². The summed E-state index contributed by atoms with van der Waals surface area (Å²) in [7, 11) is 0. The monoisotopic (exact) mass is 144 g/mol. The molecule has 0 aliphatic heterocycles. The van der Waals surface area contributed by atoms with E-state index < -0.39 is 0 Å². The van der Waals surface area contributed by atoms with E-state index in [1.54, 1.807) is 0 Å². The first-order valence-electron chi connectivity index (χ1n) is 3.92. The summed E-state index contributed by atoms with van der Waals surface area (Å²) >= 11 is 1.98. The Morgan fingerprint density at radius 1 is 1.44 bits per heavy atom. The lowest BCUT2D eigenvalue weighted by Gasteiger charge is -2.24. The van der Waals surface area contributed by atoms with E-state index >= 15 is 0 Å². The van der Waals surface area contributed by atoms with Gasteiger partial charge in [0.25, 0.3) is 0 Å². The van der Waals surface area contributed by atoms with E-state index in [1.807, 2.05) is 11.8 Å². The maximum absolute atomic E-state index is 2.20. The summed E-state index contributed by atoms with van der Waals surface area (Å²) in [5.74, 6) is 2.49. The maximum Gasteiger partial charge on any atom is -0.00702 e. The van der Waals surface area contributed by atoms with Crippen molar-refractivity contribution in [2.24, 2.45) is 5.92 Å². The van der Waals surface area contributed by atoms with Crippen LogP contribution in [0.25, 0.3) is 0 Å². The first-order valence-corrected chi connectivity index (χ1v) is 5.32. The molecule has 0 aromatic heterocycles. The third kappa shape index (κ3) is 2.61. The van der Waals surface area contributed by atoms with Crippen LogP contribution in [0.5, 0.6) is 0 Å². The molecule has 1 rings (SSSR count). The average molecular weight is 144 g/mol. The molecule has 0 heterocycles. The Kier molecular flexibility index (Phi) is 3.49. The molecule has 1 heteroatoms. The standard InChI is InChI=1S/C8H16S/c1-9-7-3-6-8-4-2-5-8/h8H,2-7H2,1H3. The highest BCUT2D eigenvalue weighted by atomic mass is 32.2. The van der Waals surface area contributed by atoms with E-state index in [9.17, 15) is 0 Å². The lowest BCUT2D eigenvalue weighted by Crippen LogP contribution is -2.10. The first-order chi connectivity index (χ1) is 4.43. The fourth-order valence-corrected chi connectivity index (χ4v) is 1.75. The van der Waals surface area contributed by atoms with Gasteiger partial charge in [-0.15, -0.1) is 0 Å². The quantitative estimate of drug-likeness (QED) is 0.547.